The van der Waals surface area contributed by atoms with Gasteiger partial charge < -0.3 is 0 Å². The van der Waals surface area contributed by atoms with Crippen LogP contribution in [0, 0.1) is 0 Å². The quantitative estimate of drug-likeness (QED) is 0.568. The van der Waals surface area contributed by atoms with E-state index in [4.69, 9.17) is 0 Å². The van der Waals surface area contributed by atoms with E-state index < -0.39 is 0 Å². The second kappa shape index (κ2) is 7.16. The molecule has 2 aromatic rings. The van der Waals surface area contributed by atoms with Crippen molar-refractivity contribution < 1.29 is 0 Å². The summed E-state index contributed by atoms with van der Waals surface area (Å²) in [5.74, 6) is 1.09. The Morgan fingerprint density at radius 2 is 2.00 bits per heavy atom. The molecule has 4 nitrogen and oxygen atoms in total. The Morgan fingerprint density at radius 3 is 2.78 bits per heavy atom. The van der Waals surface area contributed by atoms with E-state index >= 15 is 0 Å². The Balaban J connectivity index is 1.91. The van der Waals surface area contributed by atoms with Gasteiger partial charge in [0.2, 0.25) is 5.16 Å². The van der Waals surface area contributed by atoms with E-state index in [0.717, 1.165) is 17.5 Å². The lowest BCUT2D eigenvalue weighted by atomic mass is 10.2. The van der Waals surface area contributed by atoms with Crippen LogP contribution in [-0.2, 0) is 6.54 Å². The first-order chi connectivity index (χ1) is 8.90. The monoisotopic (exact) mass is 262 g/mol. The van der Waals surface area contributed by atoms with Gasteiger partial charge in [-0.3, -0.25) is 0 Å². The van der Waals surface area contributed by atoms with Crippen molar-refractivity contribution in [2.45, 2.75) is 37.9 Å². The second-order valence-corrected chi connectivity index (χ2v) is 5.22. The molecule has 1 aromatic heterocycles. The zero-order valence-electron chi connectivity index (χ0n) is 10.6. The SMILES string of the molecule is CCCCCSc1nnnn1Cc1ccccc1. The number of hydrogen-bond donors (Lipinski definition) is 0. The lowest BCUT2D eigenvalue weighted by Gasteiger charge is -2.04. The van der Waals surface area contributed by atoms with Crippen molar-refractivity contribution in [2.75, 3.05) is 5.75 Å². The van der Waals surface area contributed by atoms with Crippen molar-refractivity contribution in [1.29, 1.82) is 0 Å². The molecular formula is C13H18N4S. The van der Waals surface area contributed by atoms with Crippen molar-refractivity contribution in [3.8, 4) is 0 Å². The number of rotatable bonds is 7. The Labute approximate surface area is 112 Å². The van der Waals surface area contributed by atoms with E-state index in [1.54, 1.807) is 11.8 Å². The van der Waals surface area contributed by atoms with Crippen LogP contribution in [0.2, 0.25) is 0 Å². The van der Waals surface area contributed by atoms with Gasteiger partial charge in [0.1, 0.15) is 0 Å². The van der Waals surface area contributed by atoms with Crippen LogP contribution in [0.5, 0.6) is 0 Å². The van der Waals surface area contributed by atoms with Gasteiger partial charge in [0.05, 0.1) is 6.54 Å². The molecule has 18 heavy (non-hydrogen) atoms. The summed E-state index contributed by atoms with van der Waals surface area (Å²) in [4.78, 5) is 0. The van der Waals surface area contributed by atoms with Crippen LogP contribution in [0.25, 0.3) is 0 Å². The summed E-state index contributed by atoms with van der Waals surface area (Å²) in [5, 5.41) is 12.8. The molecule has 0 aliphatic rings. The van der Waals surface area contributed by atoms with E-state index in [9.17, 15) is 0 Å². The molecular weight excluding hydrogens is 244 g/mol. The van der Waals surface area contributed by atoms with Gasteiger partial charge in [0.25, 0.3) is 0 Å². The lowest BCUT2D eigenvalue weighted by molar-refractivity contribution is 0.602. The number of benzene rings is 1. The predicted octanol–water partition coefficient (Wildman–Crippen LogP) is 3.00. The highest BCUT2D eigenvalue weighted by Gasteiger charge is 2.06. The summed E-state index contributed by atoms with van der Waals surface area (Å²) in [6, 6.07) is 10.3. The third-order valence-electron chi connectivity index (χ3n) is 2.65. The highest BCUT2D eigenvalue weighted by Crippen LogP contribution is 2.17. The minimum absolute atomic E-state index is 0.740. The predicted molar refractivity (Wildman–Crippen MR) is 73.6 cm³/mol. The van der Waals surface area contributed by atoms with Crippen LogP contribution in [-0.4, -0.2) is 26.0 Å². The summed E-state index contributed by atoms with van der Waals surface area (Å²) in [6.45, 7) is 2.95. The molecule has 0 atom stereocenters. The van der Waals surface area contributed by atoms with Crippen molar-refractivity contribution in [2.24, 2.45) is 0 Å². The number of hydrogen-bond acceptors (Lipinski definition) is 4. The molecule has 0 aliphatic heterocycles. The van der Waals surface area contributed by atoms with E-state index in [0.29, 0.717) is 0 Å². The maximum atomic E-state index is 4.07. The van der Waals surface area contributed by atoms with Crippen LogP contribution in [0.3, 0.4) is 0 Å². The van der Waals surface area contributed by atoms with Crippen LogP contribution in [0.15, 0.2) is 35.5 Å². The normalized spacial score (nSPS) is 10.7. The summed E-state index contributed by atoms with van der Waals surface area (Å²) >= 11 is 1.74. The fourth-order valence-corrected chi connectivity index (χ4v) is 2.55. The number of aromatic nitrogens is 4. The van der Waals surface area contributed by atoms with Crippen LogP contribution >= 0.6 is 11.8 Å². The third kappa shape index (κ3) is 3.84. The molecule has 96 valence electrons. The van der Waals surface area contributed by atoms with Crippen molar-refractivity contribution >= 4 is 11.8 Å². The van der Waals surface area contributed by atoms with Gasteiger partial charge in [-0.1, -0.05) is 61.9 Å². The maximum absolute atomic E-state index is 4.07. The molecule has 0 saturated carbocycles. The number of tetrazole rings is 1. The Hall–Kier alpha value is -1.36. The molecule has 0 spiro atoms. The van der Waals surface area contributed by atoms with Gasteiger partial charge in [0, 0.05) is 5.75 Å². The Morgan fingerprint density at radius 1 is 1.17 bits per heavy atom. The van der Waals surface area contributed by atoms with E-state index in [-0.39, 0.29) is 0 Å². The van der Waals surface area contributed by atoms with Gasteiger partial charge in [-0.25, -0.2) is 4.68 Å². The standard InChI is InChI=1S/C13H18N4S/c1-2-3-7-10-18-13-14-15-16-17(13)11-12-8-5-4-6-9-12/h4-6,8-9H,2-3,7,10-11H2,1H3. The van der Waals surface area contributed by atoms with Gasteiger partial charge in [0.15, 0.2) is 0 Å². The average molecular weight is 262 g/mol. The Bertz CT molecular complexity index is 455. The average Bonchev–Trinajstić information content (AvgIpc) is 2.83. The molecule has 0 fully saturated rings. The fourth-order valence-electron chi connectivity index (χ4n) is 1.67. The molecule has 0 unspecified atom stereocenters. The summed E-state index contributed by atoms with van der Waals surface area (Å²) in [7, 11) is 0. The lowest BCUT2D eigenvalue weighted by Crippen LogP contribution is -2.03. The minimum atomic E-state index is 0.740. The van der Waals surface area contributed by atoms with Crippen LogP contribution < -0.4 is 0 Å². The van der Waals surface area contributed by atoms with E-state index in [2.05, 4.69) is 34.6 Å². The topological polar surface area (TPSA) is 43.6 Å². The molecule has 0 aliphatic carbocycles. The molecule has 0 saturated heterocycles. The van der Waals surface area contributed by atoms with Crippen molar-refractivity contribution in [1.82, 2.24) is 20.2 Å². The fraction of sp³-hybridized carbons (Fsp3) is 0.462. The number of unbranched alkanes of at least 4 members (excludes halogenated alkanes) is 2. The van der Waals surface area contributed by atoms with Gasteiger partial charge in [-0.05, 0) is 22.4 Å². The zero-order chi connectivity index (χ0) is 12.6. The summed E-state index contributed by atoms with van der Waals surface area (Å²) in [6.07, 6.45) is 3.74. The molecule has 0 radical (unpaired) electrons. The summed E-state index contributed by atoms with van der Waals surface area (Å²) in [5.41, 5.74) is 1.22. The first-order valence-electron chi connectivity index (χ1n) is 6.33. The first kappa shape index (κ1) is 13.1. The maximum Gasteiger partial charge on any atom is 0.209 e. The molecule has 0 amide bonds. The van der Waals surface area contributed by atoms with E-state index in [1.165, 1.54) is 24.8 Å². The highest BCUT2D eigenvalue weighted by molar-refractivity contribution is 7.99. The molecule has 2 rings (SSSR count). The summed E-state index contributed by atoms with van der Waals surface area (Å²) < 4.78 is 1.87. The smallest absolute Gasteiger partial charge is 0.209 e. The molecule has 1 heterocycles. The van der Waals surface area contributed by atoms with Crippen LogP contribution in [0.1, 0.15) is 31.7 Å². The van der Waals surface area contributed by atoms with Crippen molar-refractivity contribution in [3.63, 3.8) is 0 Å². The van der Waals surface area contributed by atoms with Gasteiger partial charge in [-0.2, -0.15) is 0 Å². The third-order valence-corrected chi connectivity index (χ3v) is 3.70. The van der Waals surface area contributed by atoms with Crippen LogP contribution in [0.4, 0.5) is 0 Å². The minimum Gasteiger partial charge on any atom is -0.216 e. The molecule has 1 aromatic carbocycles. The largest absolute Gasteiger partial charge is 0.216 e. The van der Waals surface area contributed by atoms with Gasteiger partial charge in [-0.15, -0.1) is 5.10 Å². The van der Waals surface area contributed by atoms with Crippen molar-refractivity contribution in [3.05, 3.63) is 35.9 Å². The zero-order valence-corrected chi connectivity index (χ0v) is 11.4. The number of thioether (sulfide) groups is 1. The van der Waals surface area contributed by atoms with Gasteiger partial charge >= 0.3 is 0 Å². The first-order valence-corrected chi connectivity index (χ1v) is 7.31. The second-order valence-electron chi connectivity index (χ2n) is 4.16. The highest BCUT2D eigenvalue weighted by atomic mass is 32.2. The molecule has 0 bridgehead atoms. The molecule has 0 N–H and O–H groups in total. The van der Waals surface area contributed by atoms with E-state index in [1.807, 2.05) is 22.9 Å². The molecule has 5 heteroatoms. The Kier molecular flexibility index (Phi) is 5.20. The number of nitrogens with zero attached hydrogens (tertiary/aromatic N) is 4.